The molecule has 0 spiro atoms. The number of phenols is 2. The van der Waals surface area contributed by atoms with Gasteiger partial charge in [-0.15, -0.1) is 0 Å². The molecule has 0 saturated carbocycles. The van der Waals surface area contributed by atoms with Gasteiger partial charge in [0.2, 0.25) is 0 Å². The van der Waals surface area contributed by atoms with Crippen molar-refractivity contribution in [2.24, 2.45) is 20.5 Å². The maximum Gasteiger partial charge on any atom is 1.00 e. The number of benzene rings is 4. The molecule has 0 bridgehead atoms. The maximum atomic E-state index is 12.1. The van der Waals surface area contributed by atoms with Gasteiger partial charge in [0.15, 0.2) is 0 Å². The van der Waals surface area contributed by atoms with Crippen LogP contribution < -0.4 is 128 Å². The summed E-state index contributed by atoms with van der Waals surface area (Å²) in [5, 5.41) is 56.3. The molecule has 2 N–H and O–H groups in total. The first kappa shape index (κ1) is 46.4. The number of rotatable bonds is 9. The second-order valence-corrected chi connectivity index (χ2v) is 11.3. The molecule has 0 unspecified atom stereocenters. The molecule has 4 rings (SSSR count). The normalized spacial score (nSPS) is 11.1. The van der Waals surface area contributed by atoms with Gasteiger partial charge in [-0.25, -0.2) is 16.8 Å². The van der Waals surface area contributed by atoms with Crippen molar-refractivity contribution in [2.45, 2.75) is 9.79 Å². The number of hydrogen-bond donors (Lipinski definition) is 2. The van der Waals surface area contributed by atoms with E-state index in [1.54, 1.807) is 0 Å². The minimum atomic E-state index is -5.33. The largest absolute Gasteiger partial charge is 1.00 e. The zero-order chi connectivity index (χ0) is 32.4. The molecule has 22 heteroatoms. The zero-order valence-electron chi connectivity index (χ0n) is 25.5. The van der Waals surface area contributed by atoms with E-state index in [1.807, 2.05) is 0 Å². The molecule has 4 aromatic rings. The summed E-state index contributed by atoms with van der Waals surface area (Å²) in [6.07, 6.45) is 0. The number of aromatic hydroxyl groups is 2. The van der Waals surface area contributed by atoms with Crippen molar-refractivity contribution in [1.29, 1.82) is 0 Å². The number of azo groups is 2. The Morgan fingerprint density at radius 3 is 1.04 bits per heavy atom. The van der Waals surface area contributed by atoms with Gasteiger partial charge in [-0.2, -0.15) is 20.5 Å². The average Bonchev–Trinajstić information content (AvgIpc) is 2.95. The van der Waals surface area contributed by atoms with Crippen LogP contribution in [0, 0.1) is 0 Å². The van der Waals surface area contributed by atoms with Crippen LogP contribution in [0.2, 0.25) is 0 Å². The summed E-state index contributed by atoms with van der Waals surface area (Å²) in [5.74, 6) is -4.61. The third-order valence-corrected chi connectivity index (χ3v) is 7.47. The molecule has 16 nitrogen and oxygen atoms in total. The molecule has 0 aliphatic heterocycles. The fourth-order valence-electron chi connectivity index (χ4n) is 3.74. The van der Waals surface area contributed by atoms with Crippen molar-refractivity contribution in [3.63, 3.8) is 0 Å². The van der Waals surface area contributed by atoms with E-state index in [0.29, 0.717) is 0 Å². The fourth-order valence-corrected chi connectivity index (χ4v) is 5.16. The van der Waals surface area contributed by atoms with Crippen molar-refractivity contribution < 1.29 is 174 Å². The second kappa shape index (κ2) is 19.2. The molecule has 0 radical (unpaired) electrons. The summed E-state index contributed by atoms with van der Waals surface area (Å²) in [5.41, 5.74) is -2.84. The summed E-state index contributed by atoms with van der Waals surface area (Å²) in [4.78, 5) is 20.2. The molecule has 0 aliphatic carbocycles. The minimum Gasteiger partial charge on any atom is -0.744 e. The van der Waals surface area contributed by atoms with Gasteiger partial charge in [0, 0.05) is 22.3 Å². The molecular formula is C26H14N4Na4O12S2. The summed E-state index contributed by atoms with van der Waals surface area (Å²) in [6, 6.07) is 11.9. The number of hydrogen-bond acceptors (Lipinski definition) is 16. The van der Waals surface area contributed by atoms with Crippen LogP contribution in [0.15, 0.2) is 103 Å². The molecular weight excluding hydrogens is 716 g/mol. The molecule has 0 aliphatic rings. The van der Waals surface area contributed by atoms with Gasteiger partial charge in [-0.1, -0.05) is 12.1 Å². The Morgan fingerprint density at radius 1 is 0.500 bits per heavy atom. The topological polar surface area (TPSA) is 285 Å². The fraction of sp³-hybridized carbons (Fsp3) is 0. The van der Waals surface area contributed by atoms with Crippen LogP contribution >= 0.6 is 0 Å². The molecule has 48 heavy (non-hydrogen) atoms. The Hall–Kier alpha value is -1.56. The molecule has 0 saturated heterocycles. The summed E-state index contributed by atoms with van der Waals surface area (Å²) in [7, 11) is -10.7. The number of aromatic carboxylic acids is 2. The quantitative estimate of drug-likeness (QED) is 0.0923. The van der Waals surface area contributed by atoms with E-state index in [9.17, 15) is 56.0 Å². The van der Waals surface area contributed by atoms with Crippen LogP contribution in [0.25, 0.3) is 11.1 Å². The average molecular weight is 731 g/mol. The molecule has 4 aromatic carbocycles. The van der Waals surface area contributed by atoms with Crippen LogP contribution in [0.4, 0.5) is 22.7 Å². The van der Waals surface area contributed by atoms with Crippen LogP contribution in [0.5, 0.6) is 11.5 Å². The standard InChI is InChI=1S/C26H18N4O12S2.4Na/c31-21-7-3-13(9-19(21)25(33)34)27-29-15-1-5-17(23(11-15)43(37,38)39)18-6-2-16(12-24(18)44(40,41)42)30-28-14-4-8-22(32)20(10-14)26(35)36;;;;/h1-12,31-32H,(H,33,34)(H,35,36)(H,37,38,39)(H,40,41,42);;;;/q;4*+1/p-4. The summed E-state index contributed by atoms with van der Waals surface area (Å²) >= 11 is 0. The van der Waals surface area contributed by atoms with Gasteiger partial charge in [-0.3, -0.25) is 0 Å². The van der Waals surface area contributed by atoms with Crippen LogP contribution in [-0.4, -0.2) is 48.1 Å². The first-order chi connectivity index (χ1) is 20.5. The van der Waals surface area contributed by atoms with Crippen molar-refractivity contribution >= 4 is 54.9 Å². The third-order valence-electron chi connectivity index (χ3n) is 5.72. The van der Waals surface area contributed by atoms with E-state index in [4.69, 9.17) is 0 Å². The van der Waals surface area contributed by atoms with Crippen molar-refractivity contribution in [2.75, 3.05) is 0 Å². The van der Waals surface area contributed by atoms with E-state index >= 15 is 0 Å². The number of carbonyl (C=O) groups is 2. The Bertz CT molecular complexity index is 1980. The number of carboxylic acid groups (broad SMARTS) is 2. The van der Waals surface area contributed by atoms with Gasteiger partial charge in [0.25, 0.3) is 0 Å². The monoisotopic (exact) mass is 730 g/mol. The molecule has 0 aromatic heterocycles. The Morgan fingerprint density at radius 2 is 0.771 bits per heavy atom. The van der Waals surface area contributed by atoms with E-state index in [-0.39, 0.29) is 141 Å². The second-order valence-electron chi connectivity index (χ2n) is 8.65. The number of nitrogens with zero attached hydrogens (tertiary/aromatic N) is 4. The van der Waals surface area contributed by atoms with Crippen LogP contribution in [0.1, 0.15) is 20.7 Å². The first-order valence-electron chi connectivity index (χ1n) is 11.7. The molecule has 0 heterocycles. The maximum absolute atomic E-state index is 12.1. The van der Waals surface area contributed by atoms with Gasteiger partial charge in [-0.05, 0) is 60.7 Å². The van der Waals surface area contributed by atoms with Gasteiger partial charge < -0.3 is 39.1 Å². The van der Waals surface area contributed by atoms with Crippen molar-refractivity contribution in [3.8, 4) is 22.6 Å². The van der Waals surface area contributed by atoms with Gasteiger partial charge >= 0.3 is 118 Å². The van der Waals surface area contributed by atoms with Crippen LogP contribution in [-0.2, 0) is 20.2 Å². The Labute approximate surface area is 361 Å². The van der Waals surface area contributed by atoms with Crippen molar-refractivity contribution in [1.82, 2.24) is 0 Å². The number of carbonyl (C=O) groups excluding carboxylic acids is 2. The predicted octanol–water partition coefficient (Wildman–Crippen LogP) is -9.85. The van der Waals surface area contributed by atoms with Gasteiger partial charge in [0.05, 0.1) is 44.5 Å². The molecule has 0 atom stereocenters. The van der Waals surface area contributed by atoms with Crippen LogP contribution in [0.3, 0.4) is 0 Å². The minimum absolute atomic E-state index is 0. The molecule has 0 fully saturated rings. The predicted molar refractivity (Wildman–Crippen MR) is 141 cm³/mol. The summed E-state index contributed by atoms with van der Waals surface area (Å²) < 4.78 is 72.9. The van der Waals surface area contributed by atoms with E-state index < -0.39 is 75.7 Å². The number of carboxylic acids is 2. The van der Waals surface area contributed by atoms with Gasteiger partial charge in [0.1, 0.15) is 31.7 Å². The zero-order valence-corrected chi connectivity index (χ0v) is 35.1. The molecule has 226 valence electrons. The smallest absolute Gasteiger partial charge is 0.744 e. The van der Waals surface area contributed by atoms with E-state index in [1.165, 1.54) is 12.1 Å². The van der Waals surface area contributed by atoms with E-state index in [2.05, 4.69) is 20.5 Å². The molecule has 0 amide bonds. The Kier molecular flexibility index (Phi) is 18.5. The third kappa shape index (κ3) is 11.8. The Balaban J connectivity index is 0.00000552. The van der Waals surface area contributed by atoms with Crippen molar-refractivity contribution in [3.05, 3.63) is 83.9 Å². The summed E-state index contributed by atoms with van der Waals surface area (Å²) in [6.45, 7) is 0. The van der Waals surface area contributed by atoms with E-state index in [0.717, 1.165) is 60.7 Å². The first-order valence-corrected chi connectivity index (χ1v) is 14.5. The SMILES string of the molecule is O=C([O-])c1cc(N=Nc2ccc(-c3ccc(N=Nc4ccc(O)c(C(=O)[O-])c4)cc3S(=O)(=O)[O-])c(S(=O)(=O)[O-])c2)ccc1O.[Na+].[Na+].[Na+].[Na+].